The SMILES string of the molecule is CCCN(CCN(C)C)C1CCN(C(=O)OC)CC1. The molecule has 1 rings (SSSR count). The van der Waals surface area contributed by atoms with Crippen molar-refractivity contribution in [3.8, 4) is 0 Å². The Labute approximate surface area is 117 Å². The molecule has 0 aromatic rings. The van der Waals surface area contributed by atoms with E-state index in [4.69, 9.17) is 4.74 Å². The Morgan fingerprint density at radius 2 is 1.84 bits per heavy atom. The highest BCUT2D eigenvalue weighted by molar-refractivity contribution is 5.67. The summed E-state index contributed by atoms with van der Waals surface area (Å²) in [6, 6.07) is 0.612. The van der Waals surface area contributed by atoms with Crippen LogP contribution in [-0.2, 0) is 4.74 Å². The minimum atomic E-state index is -0.186. The Balaban J connectivity index is 2.42. The molecule has 1 saturated heterocycles. The molecule has 0 aromatic heterocycles. The molecule has 0 atom stereocenters. The second-order valence-electron chi connectivity index (χ2n) is 5.53. The third-order valence-corrected chi connectivity index (χ3v) is 3.76. The highest BCUT2D eigenvalue weighted by atomic mass is 16.5. The van der Waals surface area contributed by atoms with Crippen molar-refractivity contribution < 1.29 is 9.53 Å². The van der Waals surface area contributed by atoms with Crippen molar-refractivity contribution in [2.75, 3.05) is 53.9 Å². The van der Waals surface area contributed by atoms with Crippen LogP contribution in [0.3, 0.4) is 0 Å². The van der Waals surface area contributed by atoms with Crippen LogP contribution in [0, 0.1) is 0 Å². The van der Waals surface area contributed by atoms with Gasteiger partial charge in [0, 0.05) is 32.2 Å². The van der Waals surface area contributed by atoms with Gasteiger partial charge in [-0.2, -0.15) is 0 Å². The maximum atomic E-state index is 11.5. The highest BCUT2D eigenvalue weighted by Gasteiger charge is 2.26. The molecule has 0 spiro atoms. The fraction of sp³-hybridized carbons (Fsp3) is 0.929. The van der Waals surface area contributed by atoms with E-state index in [9.17, 15) is 4.79 Å². The first-order valence-corrected chi connectivity index (χ1v) is 7.30. The molecule has 1 aliphatic rings. The first-order chi connectivity index (χ1) is 9.08. The van der Waals surface area contributed by atoms with Gasteiger partial charge < -0.3 is 14.5 Å². The molecule has 1 aliphatic heterocycles. The third kappa shape index (κ3) is 5.37. The van der Waals surface area contributed by atoms with Gasteiger partial charge in [0.25, 0.3) is 0 Å². The molecule has 5 nitrogen and oxygen atoms in total. The summed E-state index contributed by atoms with van der Waals surface area (Å²) in [7, 11) is 5.68. The number of ether oxygens (including phenoxy) is 1. The number of carbonyl (C=O) groups is 1. The maximum Gasteiger partial charge on any atom is 0.409 e. The largest absolute Gasteiger partial charge is 0.453 e. The third-order valence-electron chi connectivity index (χ3n) is 3.76. The molecule has 1 amide bonds. The van der Waals surface area contributed by atoms with Crippen molar-refractivity contribution in [2.24, 2.45) is 0 Å². The second kappa shape index (κ2) is 8.38. The standard InChI is InChI=1S/C14H29N3O2/c1-5-8-16(12-11-15(2)3)13-6-9-17(10-7-13)14(18)19-4/h13H,5-12H2,1-4H3. The van der Waals surface area contributed by atoms with E-state index in [1.54, 1.807) is 0 Å². The fourth-order valence-corrected chi connectivity index (χ4v) is 2.64. The van der Waals surface area contributed by atoms with Crippen LogP contribution in [0.1, 0.15) is 26.2 Å². The minimum absolute atomic E-state index is 0.186. The Bertz CT molecular complexity index is 263. The minimum Gasteiger partial charge on any atom is -0.453 e. The monoisotopic (exact) mass is 271 g/mol. The summed E-state index contributed by atoms with van der Waals surface area (Å²) in [6.07, 6.45) is 3.11. The summed E-state index contributed by atoms with van der Waals surface area (Å²) in [5.41, 5.74) is 0. The molecule has 1 heterocycles. The van der Waals surface area contributed by atoms with Gasteiger partial charge in [0.1, 0.15) is 0 Å². The van der Waals surface area contributed by atoms with E-state index in [1.807, 2.05) is 4.90 Å². The Kier molecular flexibility index (Phi) is 7.16. The van der Waals surface area contributed by atoms with Gasteiger partial charge in [-0.1, -0.05) is 6.92 Å². The van der Waals surface area contributed by atoms with Crippen molar-refractivity contribution >= 4 is 6.09 Å². The lowest BCUT2D eigenvalue weighted by Crippen LogP contribution is -2.48. The van der Waals surface area contributed by atoms with Crippen molar-refractivity contribution in [3.05, 3.63) is 0 Å². The molecular formula is C14H29N3O2. The van der Waals surface area contributed by atoms with Crippen LogP contribution in [0.4, 0.5) is 4.79 Å². The van der Waals surface area contributed by atoms with Gasteiger partial charge in [0.2, 0.25) is 0 Å². The Morgan fingerprint density at radius 3 is 2.32 bits per heavy atom. The fourth-order valence-electron chi connectivity index (χ4n) is 2.64. The summed E-state index contributed by atoms with van der Waals surface area (Å²) in [5.74, 6) is 0. The van der Waals surface area contributed by atoms with Crippen molar-refractivity contribution in [1.82, 2.24) is 14.7 Å². The van der Waals surface area contributed by atoms with E-state index < -0.39 is 0 Å². The quantitative estimate of drug-likeness (QED) is 0.733. The number of rotatable bonds is 6. The number of likely N-dealkylation sites (N-methyl/N-ethyl adjacent to an activating group) is 1. The van der Waals surface area contributed by atoms with E-state index in [2.05, 4.69) is 30.8 Å². The summed E-state index contributed by atoms with van der Waals surface area (Å²) < 4.78 is 4.78. The zero-order valence-electron chi connectivity index (χ0n) is 12.9. The van der Waals surface area contributed by atoms with Crippen molar-refractivity contribution in [1.29, 1.82) is 0 Å². The molecule has 0 unspecified atom stereocenters. The summed E-state index contributed by atoms with van der Waals surface area (Å²) in [6.45, 7) is 7.23. The normalized spacial score (nSPS) is 17.3. The van der Waals surface area contributed by atoms with Crippen LogP contribution in [0.25, 0.3) is 0 Å². The van der Waals surface area contributed by atoms with E-state index in [0.29, 0.717) is 6.04 Å². The van der Waals surface area contributed by atoms with E-state index in [1.165, 1.54) is 13.5 Å². The van der Waals surface area contributed by atoms with Gasteiger partial charge in [-0.3, -0.25) is 4.90 Å². The van der Waals surface area contributed by atoms with E-state index in [0.717, 1.165) is 45.6 Å². The zero-order chi connectivity index (χ0) is 14.3. The van der Waals surface area contributed by atoms with Crippen LogP contribution in [-0.4, -0.2) is 80.8 Å². The Morgan fingerprint density at radius 1 is 1.21 bits per heavy atom. The molecule has 5 heteroatoms. The molecule has 0 bridgehead atoms. The first kappa shape index (κ1) is 16.2. The van der Waals surface area contributed by atoms with Crippen LogP contribution in [0.15, 0.2) is 0 Å². The van der Waals surface area contributed by atoms with Crippen molar-refractivity contribution in [2.45, 2.75) is 32.2 Å². The Hall–Kier alpha value is -0.810. The van der Waals surface area contributed by atoms with Gasteiger partial charge in [-0.15, -0.1) is 0 Å². The number of amides is 1. The lowest BCUT2D eigenvalue weighted by atomic mass is 10.0. The molecule has 0 saturated carbocycles. The number of piperidine rings is 1. The van der Waals surface area contributed by atoms with Crippen LogP contribution < -0.4 is 0 Å². The lowest BCUT2D eigenvalue weighted by Gasteiger charge is -2.38. The summed E-state index contributed by atoms with van der Waals surface area (Å²) >= 11 is 0. The van der Waals surface area contributed by atoms with Gasteiger partial charge in [0.15, 0.2) is 0 Å². The van der Waals surface area contributed by atoms with E-state index >= 15 is 0 Å². The predicted octanol–water partition coefficient (Wildman–Crippen LogP) is 1.49. The number of hydrogen-bond acceptors (Lipinski definition) is 4. The molecule has 19 heavy (non-hydrogen) atoms. The van der Waals surface area contributed by atoms with Gasteiger partial charge in [-0.05, 0) is 39.9 Å². The average molecular weight is 271 g/mol. The maximum absolute atomic E-state index is 11.5. The molecule has 0 aromatic carbocycles. The number of likely N-dealkylation sites (tertiary alicyclic amines) is 1. The smallest absolute Gasteiger partial charge is 0.409 e. The lowest BCUT2D eigenvalue weighted by molar-refractivity contribution is 0.0812. The number of hydrogen-bond donors (Lipinski definition) is 0. The van der Waals surface area contributed by atoms with Crippen molar-refractivity contribution in [3.63, 3.8) is 0 Å². The molecule has 0 radical (unpaired) electrons. The summed E-state index contributed by atoms with van der Waals surface area (Å²) in [5, 5.41) is 0. The van der Waals surface area contributed by atoms with Gasteiger partial charge in [-0.25, -0.2) is 4.79 Å². The average Bonchev–Trinajstić information content (AvgIpc) is 2.42. The number of carbonyl (C=O) groups excluding carboxylic acids is 1. The molecule has 0 aliphatic carbocycles. The topological polar surface area (TPSA) is 36.0 Å². The highest BCUT2D eigenvalue weighted by Crippen LogP contribution is 2.17. The van der Waals surface area contributed by atoms with Crippen LogP contribution in [0.2, 0.25) is 0 Å². The summed E-state index contributed by atoms with van der Waals surface area (Å²) in [4.78, 5) is 18.1. The van der Waals surface area contributed by atoms with Crippen LogP contribution >= 0.6 is 0 Å². The first-order valence-electron chi connectivity index (χ1n) is 7.30. The van der Waals surface area contributed by atoms with Gasteiger partial charge in [0.05, 0.1) is 7.11 Å². The number of nitrogens with zero attached hydrogens (tertiary/aromatic N) is 3. The number of methoxy groups -OCH3 is 1. The van der Waals surface area contributed by atoms with Crippen LogP contribution in [0.5, 0.6) is 0 Å². The zero-order valence-corrected chi connectivity index (χ0v) is 12.9. The molecule has 0 N–H and O–H groups in total. The second-order valence-corrected chi connectivity index (χ2v) is 5.53. The molecule has 1 fully saturated rings. The van der Waals surface area contributed by atoms with Gasteiger partial charge >= 0.3 is 6.09 Å². The predicted molar refractivity (Wildman–Crippen MR) is 77.4 cm³/mol. The molecular weight excluding hydrogens is 242 g/mol. The van der Waals surface area contributed by atoms with E-state index in [-0.39, 0.29) is 6.09 Å². The molecule has 112 valence electrons.